The van der Waals surface area contributed by atoms with Crippen molar-refractivity contribution in [2.75, 3.05) is 39.3 Å². The number of alkyl halides is 1. The van der Waals surface area contributed by atoms with Crippen LogP contribution in [0, 0.1) is 0 Å². The van der Waals surface area contributed by atoms with Crippen LogP contribution in [0.5, 0.6) is 0 Å². The fourth-order valence-electron chi connectivity index (χ4n) is 2.77. The number of methoxy groups -OCH3 is 1. The molecule has 1 saturated heterocycles. The summed E-state index contributed by atoms with van der Waals surface area (Å²) in [5, 5.41) is 43.8. The summed E-state index contributed by atoms with van der Waals surface area (Å²) in [4.78, 5) is 13.5. The molecule has 0 saturated carbocycles. The topological polar surface area (TPSA) is 141 Å². The smallest absolute Gasteiger partial charge is 0.319 e. The Morgan fingerprint density at radius 3 is 2.54 bits per heavy atom. The van der Waals surface area contributed by atoms with Crippen LogP contribution in [0.1, 0.15) is 26.2 Å². The van der Waals surface area contributed by atoms with Crippen LogP contribution in [0.2, 0.25) is 0 Å². The van der Waals surface area contributed by atoms with Gasteiger partial charge in [-0.25, -0.2) is 4.79 Å². The minimum absolute atomic E-state index is 0.107. The summed E-state index contributed by atoms with van der Waals surface area (Å²) in [6.07, 6.45) is -6.94. The molecule has 166 valence electrons. The average Bonchev–Trinajstić information content (AvgIpc) is 2.69. The maximum Gasteiger partial charge on any atom is 0.319 e. The number of nitrogens with one attached hydrogen (secondary N) is 1. The molecule has 5 N–H and O–H groups in total. The maximum atomic E-state index is 12.4. The summed E-state index contributed by atoms with van der Waals surface area (Å²) >= 11 is 5.59. The Hall–Kier alpha value is -0.720. The van der Waals surface area contributed by atoms with Crippen LogP contribution in [0.3, 0.4) is 0 Å². The number of ether oxygens (including phenoxy) is 3. The summed E-state index contributed by atoms with van der Waals surface area (Å²) in [7, 11) is 1.51. The molecule has 1 fully saturated rings. The van der Waals surface area contributed by atoms with E-state index in [-0.39, 0.29) is 25.6 Å². The quantitative estimate of drug-likeness (QED) is 0.155. The molecule has 1 unspecified atom stereocenters. The molecule has 0 aliphatic carbocycles. The number of hydrogen-bond acceptors (Lipinski definition) is 8. The fraction of sp³-hybridized carbons (Fsp3) is 0.941. The van der Waals surface area contributed by atoms with Gasteiger partial charge in [-0.05, 0) is 12.8 Å². The van der Waals surface area contributed by atoms with Crippen molar-refractivity contribution in [3.63, 3.8) is 0 Å². The highest BCUT2D eigenvalue weighted by Crippen LogP contribution is 2.26. The molecule has 1 heterocycles. The molecule has 6 atom stereocenters. The van der Waals surface area contributed by atoms with Crippen molar-refractivity contribution >= 4 is 17.6 Å². The standard InChI is InChI=1S/C17H33ClN2O8/c1-3-4-10-27-16-13(23)11(21)12(22)14(28-16)15(24)20(8-5-9-26-2)17(25)19-7-6-18/h11-16,21-24H,3-10H2,1-2H3,(H,19,25)/t11-,12-,13+,14-,15?,16+/m0/s1. The minimum Gasteiger partial charge on any atom is -0.387 e. The summed E-state index contributed by atoms with van der Waals surface area (Å²) in [5.74, 6) is 0.189. The van der Waals surface area contributed by atoms with Gasteiger partial charge in [0.15, 0.2) is 12.5 Å². The number of unbranched alkanes of at least 4 members (excludes halogenated alkanes) is 1. The average molecular weight is 429 g/mol. The van der Waals surface area contributed by atoms with Gasteiger partial charge in [-0.1, -0.05) is 13.3 Å². The first-order valence-electron chi connectivity index (χ1n) is 9.47. The summed E-state index contributed by atoms with van der Waals surface area (Å²) < 4.78 is 15.9. The van der Waals surface area contributed by atoms with E-state index in [2.05, 4.69) is 5.32 Å². The van der Waals surface area contributed by atoms with Crippen LogP contribution >= 0.6 is 11.6 Å². The second-order valence-corrected chi connectivity index (χ2v) is 6.92. The van der Waals surface area contributed by atoms with E-state index in [1.54, 1.807) is 0 Å². The highest BCUT2D eigenvalue weighted by Gasteiger charge is 2.48. The predicted molar refractivity (Wildman–Crippen MR) is 101 cm³/mol. The number of amides is 2. The zero-order valence-electron chi connectivity index (χ0n) is 16.4. The lowest BCUT2D eigenvalue weighted by molar-refractivity contribution is -0.318. The number of carbonyl (C=O) groups excluding carboxylic acids is 1. The molecule has 0 aromatic heterocycles. The molecule has 0 aromatic carbocycles. The third-order valence-corrected chi connectivity index (χ3v) is 4.57. The lowest BCUT2D eigenvalue weighted by Crippen LogP contribution is -2.65. The maximum absolute atomic E-state index is 12.4. The zero-order valence-corrected chi connectivity index (χ0v) is 17.1. The van der Waals surface area contributed by atoms with Crippen LogP contribution in [0.25, 0.3) is 0 Å². The third kappa shape index (κ3) is 7.27. The molecule has 1 aliphatic heterocycles. The van der Waals surface area contributed by atoms with E-state index in [1.807, 2.05) is 6.92 Å². The van der Waals surface area contributed by atoms with Gasteiger partial charge < -0.3 is 40.0 Å². The van der Waals surface area contributed by atoms with E-state index in [0.717, 1.165) is 11.3 Å². The van der Waals surface area contributed by atoms with Crippen molar-refractivity contribution in [2.24, 2.45) is 0 Å². The molecule has 28 heavy (non-hydrogen) atoms. The number of halogens is 1. The Morgan fingerprint density at radius 1 is 1.21 bits per heavy atom. The molecule has 1 aliphatic rings. The fourth-order valence-corrected chi connectivity index (χ4v) is 2.86. The van der Waals surface area contributed by atoms with E-state index >= 15 is 0 Å². The minimum atomic E-state index is -1.62. The highest BCUT2D eigenvalue weighted by molar-refractivity contribution is 6.18. The van der Waals surface area contributed by atoms with E-state index in [4.69, 9.17) is 25.8 Å². The van der Waals surface area contributed by atoms with Crippen molar-refractivity contribution in [3.05, 3.63) is 0 Å². The van der Waals surface area contributed by atoms with Crippen molar-refractivity contribution in [1.82, 2.24) is 10.2 Å². The first kappa shape index (κ1) is 25.3. The Morgan fingerprint density at radius 2 is 1.93 bits per heavy atom. The summed E-state index contributed by atoms with van der Waals surface area (Å²) in [6.45, 7) is 2.88. The first-order chi connectivity index (χ1) is 13.4. The predicted octanol–water partition coefficient (Wildman–Crippen LogP) is -0.784. The molecular weight excluding hydrogens is 396 g/mol. The Balaban J connectivity index is 2.89. The number of hydrogen-bond donors (Lipinski definition) is 5. The van der Waals surface area contributed by atoms with Gasteiger partial charge in [-0.15, -0.1) is 11.6 Å². The Labute approximate surface area is 170 Å². The SMILES string of the molecule is CCCCO[C@@H]1O[C@H](C(O)N(CCCOC)C(=O)NCCCl)[C@@H](O)[C@H](O)[C@H]1O. The lowest BCUT2D eigenvalue weighted by atomic mass is 9.97. The van der Waals surface area contributed by atoms with Gasteiger partial charge in [0, 0.05) is 39.3 Å². The lowest BCUT2D eigenvalue weighted by Gasteiger charge is -2.44. The van der Waals surface area contributed by atoms with E-state index in [1.165, 1.54) is 7.11 Å². The second-order valence-electron chi connectivity index (χ2n) is 6.54. The van der Waals surface area contributed by atoms with Gasteiger partial charge in [0.25, 0.3) is 0 Å². The molecule has 1 rings (SSSR count). The zero-order chi connectivity index (χ0) is 21.1. The van der Waals surface area contributed by atoms with Crippen LogP contribution in [0.4, 0.5) is 4.79 Å². The molecule has 0 spiro atoms. The molecule has 0 bridgehead atoms. The van der Waals surface area contributed by atoms with Gasteiger partial charge in [-0.3, -0.25) is 4.90 Å². The summed E-state index contributed by atoms with van der Waals surface area (Å²) in [5.41, 5.74) is 0. The van der Waals surface area contributed by atoms with Gasteiger partial charge in [-0.2, -0.15) is 0 Å². The molecule has 0 radical (unpaired) electrons. The Bertz CT molecular complexity index is 447. The third-order valence-electron chi connectivity index (χ3n) is 4.38. The van der Waals surface area contributed by atoms with Crippen LogP contribution in [-0.4, -0.2) is 108 Å². The molecule has 10 nitrogen and oxygen atoms in total. The van der Waals surface area contributed by atoms with Crippen molar-refractivity contribution < 1.29 is 39.4 Å². The number of carbonyl (C=O) groups is 1. The highest BCUT2D eigenvalue weighted by atomic mass is 35.5. The molecule has 2 amide bonds. The van der Waals surface area contributed by atoms with Gasteiger partial charge in [0.1, 0.15) is 24.4 Å². The second kappa shape index (κ2) is 13.5. The molecular formula is C17H33ClN2O8. The van der Waals surface area contributed by atoms with Gasteiger partial charge in [0.2, 0.25) is 0 Å². The first-order valence-corrected chi connectivity index (χ1v) is 10.0. The molecule has 0 aromatic rings. The number of rotatable bonds is 12. The van der Waals surface area contributed by atoms with Crippen LogP contribution in [0.15, 0.2) is 0 Å². The monoisotopic (exact) mass is 428 g/mol. The summed E-state index contributed by atoms with van der Waals surface area (Å²) in [6, 6.07) is -0.607. The normalized spacial score (nSPS) is 28.8. The van der Waals surface area contributed by atoms with E-state index < -0.39 is 43.0 Å². The van der Waals surface area contributed by atoms with Crippen LogP contribution in [-0.2, 0) is 14.2 Å². The van der Waals surface area contributed by atoms with E-state index in [9.17, 15) is 25.2 Å². The van der Waals surface area contributed by atoms with Gasteiger partial charge >= 0.3 is 6.03 Å². The largest absolute Gasteiger partial charge is 0.387 e. The Kier molecular flexibility index (Phi) is 12.2. The number of urea groups is 1. The number of aliphatic hydroxyl groups is 4. The number of aliphatic hydroxyl groups excluding tert-OH is 4. The number of nitrogens with zero attached hydrogens (tertiary/aromatic N) is 1. The van der Waals surface area contributed by atoms with Crippen molar-refractivity contribution in [3.8, 4) is 0 Å². The van der Waals surface area contributed by atoms with E-state index in [0.29, 0.717) is 19.4 Å². The van der Waals surface area contributed by atoms with Crippen molar-refractivity contribution in [1.29, 1.82) is 0 Å². The van der Waals surface area contributed by atoms with Crippen molar-refractivity contribution in [2.45, 2.75) is 63.1 Å². The van der Waals surface area contributed by atoms with Gasteiger partial charge in [0.05, 0.1) is 0 Å². The van der Waals surface area contributed by atoms with Crippen LogP contribution < -0.4 is 5.32 Å². The molecule has 11 heteroatoms.